The lowest BCUT2D eigenvalue weighted by atomic mass is 9.78. The van der Waals surface area contributed by atoms with Gasteiger partial charge in [0.1, 0.15) is 0 Å². The van der Waals surface area contributed by atoms with E-state index in [2.05, 4.69) is 51.5 Å². The van der Waals surface area contributed by atoms with Crippen LogP contribution in [-0.4, -0.2) is 30.8 Å². The Balaban J connectivity index is 1.74. The molecule has 1 N–H and O–H groups in total. The highest BCUT2D eigenvalue weighted by Gasteiger charge is 2.41. The lowest BCUT2D eigenvalue weighted by Crippen LogP contribution is -2.45. The molecule has 0 saturated carbocycles. The molecule has 0 bridgehead atoms. The quantitative estimate of drug-likeness (QED) is 0.842. The van der Waals surface area contributed by atoms with Gasteiger partial charge >= 0.3 is 0 Å². The number of nitrogens with one attached hydrogen (secondary N) is 1. The molecule has 0 aliphatic carbocycles. The highest BCUT2D eigenvalue weighted by atomic mass is 79.9. The number of ether oxygens (including phenoxy) is 1. The molecule has 2 aliphatic heterocycles. The summed E-state index contributed by atoms with van der Waals surface area (Å²) in [5, 5.41) is 5.74. The van der Waals surface area contributed by atoms with Crippen LogP contribution in [0.1, 0.15) is 36.6 Å². The fourth-order valence-electron chi connectivity index (χ4n) is 3.54. The van der Waals surface area contributed by atoms with Crippen molar-refractivity contribution in [1.82, 2.24) is 5.32 Å². The number of rotatable bonds is 3. The third-order valence-corrected chi connectivity index (χ3v) is 7.37. The normalized spacial score (nSPS) is 27.6. The smallest absolute Gasteiger partial charge is 0.0701 e. The minimum absolute atomic E-state index is 0.178. The molecule has 2 fully saturated rings. The summed E-state index contributed by atoms with van der Waals surface area (Å²) in [5.41, 5.74) is 0.178. The molecular formula is C15H22BrNOS2. The van der Waals surface area contributed by atoms with Crippen LogP contribution in [0.3, 0.4) is 0 Å². The summed E-state index contributed by atoms with van der Waals surface area (Å²) < 4.78 is 7.43. The Morgan fingerprint density at radius 1 is 1.45 bits per heavy atom. The SMILES string of the molecule is CNC(c1cc(Br)cs1)C1CCOC2(CCSCC2)C1. The van der Waals surface area contributed by atoms with Gasteiger partial charge in [0.2, 0.25) is 0 Å². The Hall–Kier alpha value is 0.450. The Morgan fingerprint density at radius 2 is 2.25 bits per heavy atom. The second-order valence-corrected chi connectivity index (χ2v) is 8.91. The van der Waals surface area contributed by atoms with E-state index in [4.69, 9.17) is 4.74 Å². The van der Waals surface area contributed by atoms with Gasteiger partial charge in [-0.3, -0.25) is 0 Å². The van der Waals surface area contributed by atoms with Crippen LogP contribution < -0.4 is 5.32 Å². The van der Waals surface area contributed by atoms with Crippen LogP contribution in [0, 0.1) is 5.92 Å². The van der Waals surface area contributed by atoms with E-state index in [1.54, 1.807) is 0 Å². The van der Waals surface area contributed by atoms with Crippen molar-refractivity contribution in [2.45, 2.75) is 37.3 Å². The summed E-state index contributed by atoms with van der Waals surface area (Å²) in [5.74, 6) is 3.23. The monoisotopic (exact) mass is 375 g/mol. The van der Waals surface area contributed by atoms with Gasteiger partial charge in [-0.1, -0.05) is 0 Å². The van der Waals surface area contributed by atoms with E-state index in [1.165, 1.54) is 46.5 Å². The second kappa shape index (κ2) is 6.69. The molecule has 1 spiro atoms. The first-order chi connectivity index (χ1) is 9.72. The second-order valence-electron chi connectivity index (χ2n) is 5.83. The molecule has 5 heteroatoms. The number of halogens is 1. The highest BCUT2D eigenvalue weighted by molar-refractivity contribution is 9.10. The standard InChI is InChI=1S/C15H22BrNOS2/c1-17-14(13-8-12(16)10-20-13)11-2-5-18-15(9-11)3-6-19-7-4-15/h8,10-11,14,17H,2-7,9H2,1H3. The van der Waals surface area contributed by atoms with Crippen LogP contribution >= 0.6 is 39.0 Å². The fourth-order valence-corrected chi connectivity index (χ4v) is 6.43. The predicted molar refractivity (Wildman–Crippen MR) is 91.8 cm³/mol. The Bertz CT molecular complexity index is 439. The topological polar surface area (TPSA) is 21.3 Å². The van der Waals surface area contributed by atoms with Crippen LogP contribution in [0.4, 0.5) is 0 Å². The highest BCUT2D eigenvalue weighted by Crippen LogP contribution is 2.44. The lowest BCUT2D eigenvalue weighted by molar-refractivity contribution is -0.107. The molecule has 20 heavy (non-hydrogen) atoms. The van der Waals surface area contributed by atoms with E-state index in [0.29, 0.717) is 12.0 Å². The third-order valence-electron chi connectivity index (χ3n) is 4.61. The van der Waals surface area contributed by atoms with E-state index in [1.807, 2.05) is 11.3 Å². The molecule has 3 heterocycles. The molecule has 2 nitrogen and oxygen atoms in total. The molecule has 2 saturated heterocycles. The summed E-state index contributed by atoms with van der Waals surface area (Å²) in [6, 6.07) is 2.74. The van der Waals surface area contributed by atoms with Crippen molar-refractivity contribution >= 4 is 39.0 Å². The van der Waals surface area contributed by atoms with Gasteiger partial charge in [0.25, 0.3) is 0 Å². The maximum Gasteiger partial charge on any atom is 0.0701 e. The van der Waals surface area contributed by atoms with Crippen molar-refractivity contribution in [3.05, 3.63) is 20.8 Å². The largest absolute Gasteiger partial charge is 0.375 e. The van der Waals surface area contributed by atoms with Crippen molar-refractivity contribution in [3.8, 4) is 0 Å². The van der Waals surface area contributed by atoms with Gasteiger partial charge in [0, 0.05) is 27.4 Å². The molecule has 3 rings (SSSR count). The first kappa shape index (κ1) is 15.3. The molecule has 0 amide bonds. The number of hydrogen-bond donors (Lipinski definition) is 1. The van der Waals surface area contributed by atoms with Crippen LogP contribution in [0.2, 0.25) is 0 Å². The van der Waals surface area contributed by atoms with E-state index in [0.717, 1.165) is 6.61 Å². The Kier molecular flexibility index (Phi) is 5.14. The molecule has 0 aromatic carbocycles. The van der Waals surface area contributed by atoms with Crippen molar-refractivity contribution < 1.29 is 4.74 Å². The lowest BCUT2D eigenvalue weighted by Gasteiger charge is -2.45. The molecule has 2 atom stereocenters. The summed E-state index contributed by atoms with van der Waals surface area (Å²) in [7, 11) is 2.09. The zero-order valence-corrected chi connectivity index (χ0v) is 15.1. The van der Waals surface area contributed by atoms with Crippen molar-refractivity contribution in [1.29, 1.82) is 0 Å². The zero-order chi connectivity index (χ0) is 14.0. The minimum atomic E-state index is 0.178. The molecular weight excluding hydrogens is 354 g/mol. The molecule has 1 aromatic rings. The Morgan fingerprint density at radius 3 is 2.90 bits per heavy atom. The van der Waals surface area contributed by atoms with Crippen LogP contribution in [-0.2, 0) is 4.74 Å². The van der Waals surface area contributed by atoms with Gasteiger partial charge in [-0.15, -0.1) is 11.3 Å². The number of hydrogen-bond acceptors (Lipinski definition) is 4. The van der Waals surface area contributed by atoms with Gasteiger partial charge in [0.05, 0.1) is 5.60 Å². The molecule has 0 radical (unpaired) electrons. The summed E-state index contributed by atoms with van der Waals surface area (Å²) in [6.07, 6.45) is 4.86. The average Bonchev–Trinajstić information content (AvgIpc) is 2.87. The van der Waals surface area contributed by atoms with Gasteiger partial charge in [-0.2, -0.15) is 11.8 Å². The fraction of sp³-hybridized carbons (Fsp3) is 0.733. The van der Waals surface area contributed by atoms with Crippen LogP contribution in [0.25, 0.3) is 0 Å². The zero-order valence-electron chi connectivity index (χ0n) is 11.9. The van der Waals surface area contributed by atoms with Gasteiger partial charge in [-0.25, -0.2) is 0 Å². The van der Waals surface area contributed by atoms with Gasteiger partial charge in [0.15, 0.2) is 0 Å². The first-order valence-corrected chi connectivity index (χ1v) is 10.2. The summed E-state index contributed by atoms with van der Waals surface area (Å²) in [6.45, 7) is 0.931. The Labute approximate surface area is 138 Å². The summed E-state index contributed by atoms with van der Waals surface area (Å²) in [4.78, 5) is 1.45. The molecule has 2 unspecified atom stereocenters. The average molecular weight is 376 g/mol. The first-order valence-electron chi connectivity index (χ1n) is 7.35. The molecule has 1 aromatic heterocycles. The third kappa shape index (κ3) is 3.27. The number of thioether (sulfide) groups is 1. The van der Waals surface area contributed by atoms with Crippen LogP contribution in [0.15, 0.2) is 15.9 Å². The summed E-state index contributed by atoms with van der Waals surface area (Å²) >= 11 is 7.51. The van der Waals surface area contributed by atoms with E-state index >= 15 is 0 Å². The predicted octanol–water partition coefficient (Wildman–Crippen LogP) is 4.46. The minimum Gasteiger partial charge on any atom is -0.375 e. The van der Waals surface area contributed by atoms with Gasteiger partial charge in [-0.05, 0) is 72.2 Å². The maximum absolute atomic E-state index is 6.23. The number of thiophene rings is 1. The van der Waals surface area contributed by atoms with Crippen molar-refractivity contribution in [2.75, 3.05) is 25.2 Å². The maximum atomic E-state index is 6.23. The van der Waals surface area contributed by atoms with Crippen molar-refractivity contribution in [2.24, 2.45) is 5.92 Å². The molecule has 112 valence electrons. The molecule has 2 aliphatic rings. The van der Waals surface area contributed by atoms with Gasteiger partial charge < -0.3 is 10.1 Å². The van der Waals surface area contributed by atoms with E-state index in [-0.39, 0.29) is 5.60 Å². The van der Waals surface area contributed by atoms with E-state index in [9.17, 15) is 0 Å². The van der Waals surface area contributed by atoms with E-state index < -0.39 is 0 Å². The van der Waals surface area contributed by atoms with Crippen molar-refractivity contribution in [3.63, 3.8) is 0 Å². The van der Waals surface area contributed by atoms with Crippen LogP contribution in [0.5, 0.6) is 0 Å².